The Kier molecular flexibility index (Phi) is 6.09. The fourth-order valence-corrected chi connectivity index (χ4v) is 0.964. The SMILES string of the molecule is IC1OCOCO1.c1ccccc1. The van der Waals surface area contributed by atoms with Crippen molar-refractivity contribution in [3.05, 3.63) is 36.4 Å². The van der Waals surface area contributed by atoms with Gasteiger partial charge < -0.3 is 14.2 Å². The predicted octanol–water partition coefficient (Wildman–Crippen LogP) is 2.37. The topological polar surface area (TPSA) is 27.7 Å². The van der Waals surface area contributed by atoms with Gasteiger partial charge in [-0.3, -0.25) is 0 Å². The molecule has 1 aromatic carbocycles. The zero-order valence-corrected chi connectivity index (χ0v) is 9.22. The van der Waals surface area contributed by atoms with E-state index in [2.05, 4.69) is 0 Å². The molecular weight excluding hydrogens is 283 g/mol. The Balaban J connectivity index is 0.000000132. The van der Waals surface area contributed by atoms with Gasteiger partial charge in [-0.1, -0.05) is 36.4 Å². The zero-order chi connectivity index (χ0) is 9.36. The molecule has 0 radical (unpaired) electrons. The van der Waals surface area contributed by atoms with Crippen LogP contribution in [-0.4, -0.2) is 17.9 Å². The van der Waals surface area contributed by atoms with Crippen molar-refractivity contribution in [2.75, 3.05) is 13.6 Å². The monoisotopic (exact) mass is 294 g/mol. The second-order valence-corrected chi connectivity index (χ2v) is 3.22. The molecule has 0 unspecified atom stereocenters. The van der Waals surface area contributed by atoms with E-state index in [1.807, 2.05) is 59.0 Å². The summed E-state index contributed by atoms with van der Waals surface area (Å²) in [6.07, 6.45) is 0. The summed E-state index contributed by atoms with van der Waals surface area (Å²) < 4.78 is 14.2. The molecule has 0 atom stereocenters. The smallest absolute Gasteiger partial charge is 0.214 e. The first kappa shape index (κ1) is 10.9. The van der Waals surface area contributed by atoms with Crippen LogP contribution >= 0.6 is 22.6 Å². The predicted molar refractivity (Wildman–Crippen MR) is 57.2 cm³/mol. The maximum atomic E-state index is 4.82. The molecule has 0 amide bonds. The van der Waals surface area contributed by atoms with Crippen LogP contribution in [0.2, 0.25) is 0 Å². The summed E-state index contributed by atoms with van der Waals surface area (Å²) >= 11 is 2.03. The van der Waals surface area contributed by atoms with E-state index in [-0.39, 0.29) is 4.30 Å². The first-order valence-electron chi connectivity index (χ1n) is 3.84. The van der Waals surface area contributed by atoms with Crippen LogP contribution in [0.3, 0.4) is 0 Å². The number of benzene rings is 1. The first-order valence-corrected chi connectivity index (χ1v) is 5.09. The van der Waals surface area contributed by atoms with Crippen molar-refractivity contribution in [3.8, 4) is 0 Å². The Morgan fingerprint density at radius 3 is 1.46 bits per heavy atom. The van der Waals surface area contributed by atoms with Gasteiger partial charge in [-0.05, 0) is 22.6 Å². The molecule has 0 N–H and O–H groups in total. The first-order chi connectivity index (χ1) is 6.39. The van der Waals surface area contributed by atoms with Crippen LogP contribution in [0.1, 0.15) is 0 Å². The third-order valence-electron chi connectivity index (χ3n) is 1.23. The zero-order valence-electron chi connectivity index (χ0n) is 7.06. The number of hydrogen-bond acceptors (Lipinski definition) is 3. The fraction of sp³-hybridized carbons (Fsp3) is 0.333. The van der Waals surface area contributed by atoms with Crippen molar-refractivity contribution in [3.63, 3.8) is 0 Å². The third-order valence-corrected chi connectivity index (χ3v) is 1.95. The molecule has 13 heavy (non-hydrogen) atoms. The van der Waals surface area contributed by atoms with Gasteiger partial charge in [0.15, 0.2) is 13.6 Å². The van der Waals surface area contributed by atoms with Crippen molar-refractivity contribution >= 4 is 22.6 Å². The molecule has 1 fully saturated rings. The second kappa shape index (κ2) is 7.25. The Bertz CT molecular complexity index is 173. The molecule has 0 aromatic heterocycles. The van der Waals surface area contributed by atoms with E-state index in [9.17, 15) is 0 Å². The van der Waals surface area contributed by atoms with Crippen LogP contribution in [0, 0.1) is 0 Å². The van der Waals surface area contributed by atoms with Gasteiger partial charge in [0.05, 0.1) is 0 Å². The minimum atomic E-state index is -0.119. The lowest BCUT2D eigenvalue weighted by atomic mass is 10.4. The molecular formula is C9H11IO3. The molecule has 1 aromatic rings. The lowest BCUT2D eigenvalue weighted by Crippen LogP contribution is -2.20. The van der Waals surface area contributed by atoms with E-state index < -0.39 is 0 Å². The summed E-state index contributed by atoms with van der Waals surface area (Å²) in [6, 6.07) is 12.0. The quantitative estimate of drug-likeness (QED) is 0.543. The minimum Gasteiger partial charge on any atom is -0.329 e. The van der Waals surface area contributed by atoms with Gasteiger partial charge in [0.1, 0.15) is 0 Å². The average Bonchev–Trinajstić information content (AvgIpc) is 2.22. The van der Waals surface area contributed by atoms with Gasteiger partial charge in [0.25, 0.3) is 0 Å². The Morgan fingerprint density at radius 2 is 1.23 bits per heavy atom. The number of alkyl halides is 1. The lowest BCUT2D eigenvalue weighted by Gasteiger charge is -2.17. The van der Waals surface area contributed by atoms with Crippen molar-refractivity contribution < 1.29 is 14.2 Å². The van der Waals surface area contributed by atoms with E-state index in [0.717, 1.165) is 0 Å². The highest BCUT2D eigenvalue weighted by atomic mass is 127. The maximum absolute atomic E-state index is 4.82. The van der Waals surface area contributed by atoms with Crippen LogP contribution < -0.4 is 0 Å². The normalized spacial score (nSPS) is 17.3. The van der Waals surface area contributed by atoms with Gasteiger partial charge in [-0.2, -0.15) is 0 Å². The van der Waals surface area contributed by atoms with Crippen LogP contribution in [-0.2, 0) is 14.2 Å². The molecule has 0 aliphatic carbocycles. The van der Waals surface area contributed by atoms with Crippen LogP contribution in [0.25, 0.3) is 0 Å². The molecule has 4 heteroatoms. The summed E-state index contributed by atoms with van der Waals surface area (Å²) in [6.45, 7) is 0.710. The molecule has 0 bridgehead atoms. The van der Waals surface area contributed by atoms with Gasteiger partial charge in [-0.15, -0.1) is 0 Å². The lowest BCUT2D eigenvalue weighted by molar-refractivity contribution is -0.257. The van der Waals surface area contributed by atoms with Gasteiger partial charge in [0.2, 0.25) is 4.30 Å². The summed E-state index contributed by atoms with van der Waals surface area (Å²) in [7, 11) is 0. The highest BCUT2D eigenvalue weighted by Crippen LogP contribution is 2.08. The summed E-state index contributed by atoms with van der Waals surface area (Å²) in [4.78, 5) is 0. The molecule has 0 spiro atoms. The van der Waals surface area contributed by atoms with Gasteiger partial charge in [-0.25, -0.2) is 0 Å². The molecule has 3 nitrogen and oxygen atoms in total. The van der Waals surface area contributed by atoms with E-state index in [0.29, 0.717) is 13.6 Å². The number of hydrogen-bond donors (Lipinski definition) is 0. The van der Waals surface area contributed by atoms with Crippen molar-refractivity contribution in [1.29, 1.82) is 0 Å². The molecule has 1 heterocycles. The fourth-order valence-electron chi connectivity index (χ4n) is 0.670. The van der Waals surface area contributed by atoms with Crippen molar-refractivity contribution in [2.24, 2.45) is 0 Å². The third kappa shape index (κ3) is 5.98. The Hall–Kier alpha value is -0.170. The van der Waals surface area contributed by atoms with Gasteiger partial charge in [0, 0.05) is 0 Å². The number of halogens is 1. The van der Waals surface area contributed by atoms with Gasteiger partial charge >= 0.3 is 0 Å². The standard InChI is InChI=1S/C6H6.C3H5IO3/c1-2-4-6-5-3-1;4-3-6-1-5-2-7-3/h1-6H;3H,1-2H2. The summed E-state index contributed by atoms with van der Waals surface area (Å²) in [5.41, 5.74) is 0. The molecule has 1 aliphatic rings. The number of ether oxygens (including phenoxy) is 3. The van der Waals surface area contributed by atoms with E-state index in [4.69, 9.17) is 14.2 Å². The van der Waals surface area contributed by atoms with Crippen LogP contribution in [0.4, 0.5) is 0 Å². The van der Waals surface area contributed by atoms with E-state index in [1.54, 1.807) is 0 Å². The Morgan fingerprint density at radius 1 is 0.846 bits per heavy atom. The average molecular weight is 294 g/mol. The highest BCUT2D eigenvalue weighted by Gasteiger charge is 2.07. The largest absolute Gasteiger partial charge is 0.329 e. The molecule has 72 valence electrons. The molecule has 1 saturated heterocycles. The molecule has 2 rings (SSSR count). The van der Waals surface area contributed by atoms with E-state index in [1.165, 1.54) is 0 Å². The summed E-state index contributed by atoms with van der Waals surface area (Å²) in [5, 5.41) is 0. The maximum Gasteiger partial charge on any atom is 0.214 e. The highest BCUT2D eigenvalue weighted by molar-refractivity contribution is 14.1. The Labute approximate surface area is 91.1 Å². The minimum absolute atomic E-state index is 0.119. The summed E-state index contributed by atoms with van der Waals surface area (Å²) in [5.74, 6) is 0. The van der Waals surface area contributed by atoms with E-state index >= 15 is 0 Å². The van der Waals surface area contributed by atoms with Crippen molar-refractivity contribution in [1.82, 2.24) is 0 Å². The van der Waals surface area contributed by atoms with Crippen LogP contribution in [0.15, 0.2) is 36.4 Å². The van der Waals surface area contributed by atoms with Crippen molar-refractivity contribution in [2.45, 2.75) is 4.30 Å². The second-order valence-electron chi connectivity index (χ2n) is 2.20. The molecule has 0 saturated carbocycles. The molecule has 1 aliphatic heterocycles. The number of rotatable bonds is 0. The van der Waals surface area contributed by atoms with Crippen LogP contribution in [0.5, 0.6) is 0 Å².